The van der Waals surface area contributed by atoms with Gasteiger partial charge in [-0.2, -0.15) is 0 Å². The lowest BCUT2D eigenvalue weighted by atomic mass is 10.3. The molecule has 0 radical (unpaired) electrons. The molecule has 0 fully saturated rings. The smallest absolute Gasteiger partial charge is 0.174 e. The number of aromatic nitrogens is 2. The highest BCUT2D eigenvalue weighted by Crippen LogP contribution is 2.13. The molecule has 0 amide bonds. The summed E-state index contributed by atoms with van der Waals surface area (Å²) >= 11 is 0. The number of rotatable bonds is 0. The number of nitrogens with one attached hydrogen (secondary N) is 2. The van der Waals surface area contributed by atoms with Crippen LogP contribution in [0.4, 0.5) is 5.82 Å². The normalized spacial score (nSPS) is 21.9. The molecule has 58 valence electrons. The molecule has 1 aromatic rings. The highest BCUT2D eigenvalue weighted by molar-refractivity contribution is 6.01. The van der Waals surface area contributed by atoms with E-state index in [1.165, 1.54) is 6.33 Å². The van der Waals surface area contributed by atoms with Crippen molar-refractivity contribution < 1.29 is 0 Å². The zero-order valence-corrected chi connectivity index (χ0v) is 5.70. The molecule has 1 aliphatic rings. The summed E-state index contributed by atoms with van der Waals surface area (Å²) in [7, 11) is 0. The van der Waals surface area contributed by atoms with Crippen molar-refractivity contribution in [2.24, 2.45) is 16.5 Å². The summed E-state index contributed by atoms with van der Waals surface area (Å²) in [6, 6.07) is 0. The molecule has 1 atom stereocenters. The Morgan fingerprint density at radius 2 is 2.36 bits per heavy atom. The first-order valence-electron chi connectivity index (χ1n) is 3.16. The van der Waals surface area contributed by atoms with Gasteiger partial charge in [0.2, 0.25) is 0 Å². The number of nitrogens with two attached hydrogens (primary N) is 2. The zero-order chi connectivity index (χ0) is 7.84. The van der Waals surface area contributed by atoms with Crippen LogP contribution in [0.1, 0.15) is 5.69 Å². The number of hydrogen-bond acceptors (Lipinski definition) is 5. The molecular weight excluding hydrogens is 144 g/mol. The third-order valence-corrected chi connectivity index (χ3v) is 1.46. The Labute approximate surface area is 62.7 Å². The number of H-pyrrole nitrogens is 1. The number of aliphatic imine (C=N–C) groups is 1. The fourth-order valence-corrected chi connectivity index (χ4v) is 0.986. The summed E-state index contributed by atoms with van der Waals surface area (Å²) in [5.74, 6) is 1.05. The Hall–Kier alpha value is -1.56. The molecule has 6 nitrogen and oxygen atoms in total. The van der Waals surface area contributed by atoms with Crippen LogP contribution < -0.4 is 16.8 Å². The van der Waals surface area contributed by atoms with E-state index in [1.54, 1.807) is 0 Å². The second kappa shape index (κ2) is 1.96. The highest BCUT2D eigenvalue weighted by Gasteiger charge is 2.16. The highest BCUT2D eigenvalue weighted by atomic mass is 15.3. The topological polar surface area (TPSA) is 105 Å². The van der Waals surface area contributed by atoms with Gasteiger partial charge in [-0.05, 0) is 0 Å². The molecule has 0 bridgehead atoms. The van der Waals surface area contributed by atoms with Crippen LogP contribution in [-0.2, 0) is 0 Å². The van der Waals surface area contributed by atoms with Crippen molar-refractivity contribution in [3.8, 4) is 0 Å². The number of nitrogens with zero attached hydrogens (tertiary/aromatic N) is 2. The van der Waals surface area contributed by atoms with Gasteiger partial charge in [0.25, 0.3) is 0 Å². The van der Waals surface area contributed by atoms with Gasteiger partial charge in [-0.3, -0.25) is 5.73 Å². The predicted molar refractivity (Wildman–Crippen MR) is 40.9 cm³/mol. The third-order valence-electron chi connectivity index (χ3n) is 1.46. The van der Waals surface area contributed by atoms with Gasteiger partial charge in [0, 0.05) is 0 Å². The summed E-state index contributed by atoms with van der Waals surface area (Å²) < 4.78 is 0. The lowest BCUT2D eigenvalue weighted by molar-refractivity contribution is 0.792. The lowest BCUT2D eigenvalue weighted by Crippen LogP contribution is -2.35. The van der Waals surface area contributed by atoms with Crippen LogP contribution in [0.25, 0.3) is 0 Å². The summed E-state index contributed by atoms with van der Waals surface area (Å²) in [5, 5.41) is 2.84. The molecule has 11 heavy (non-hydrogen) atoms. The number of amidine groups is 1. The van der Waals surface area contributed by atoms with Gasteiger partial charge in [-0.1, -0.05) is 0 Å². The Balaban J connectivity index is 2.50. The van der Waals surface area contributed by atoms with Crippen molar-refractivity contribution in [3.63, 3.8) is 0 Å². The minimum atomic E-state index is -0.481. The van der Waals surface area contributed by atoms with Crippen molar-refractivity contribution in [2.45, 2.75) is 6.29 Å². The predicted octanol–water partition coefficient (Wildman–Crippen LogP) is -1.22. The van der Waals surface area contributed by atoms with Crippen LogP contribution in [0.5, 0.6) is 0 Å². The van der Waals surface area contributed by atoms with E-state index in [9.17, 15) is 0 Å². The maximum absolute atomic E-state index is 5.54. The Bertz CT molecular complexity index is 300. The summed E-state index contributed by atoms with van der Waals surface area (Å²) in [5.41, 5.74) is 11.7. The van der Waals surface area contributed by atoms with Gasteiger partial charge in [-0.15, -0.1) is 0 Å². The number of anilines is 1. The quantitative estimate of drug-likeness (QED) is 0.374. The van der Waals surface area contributed by atoms with Crippen molar-refractivity contribution in [1.82, 2.24) is 9.97 Å². The fourth-order valence-electron chi connectivity index (χ4n) is 0.986. The maximum atomic E-state index is 5.54. The molecule has 2 heterocycles. The summed E-state index contributed by atoms with van der Waals surface area (Å²) in [6.07, 6.45) is 1.06. The molecule has 0 aromatic carbocycles. The van der Waals surface area contributed by atoms with Crippen LogP contribution in [0, 0.1) is 0 Å². The summed E-state index contributed by atoms with van der Waals surface area (Å²) in [6.45, 7) is 0. The molecule has 0 aliphatic carbocycles. The molecule has 1 aromatic heterocycles. The van der Waals surface area contributed by atoms with Crippen LogP contribution in [0.2, 0.25) is 0 Å². The lowest BCUT2D eigenvalue weighted by Gasteiger charge is -2.15. The van der Waals surface area contributed by atoms with E-state index in [-0.39, 0.29) is 0 Å². The summed E-state index contributed by atoms with van der Waals surface area (Å²) in [4.78, 5) is 10.7. The molecule has 6 N–H and O–H groups in total. The van der Waals surface area contributed by atoms with E-state index in [4.69, 9.17) is 11.5 Å². The molecule has 0 saturated carbocycles. The molecule has 2 rings (SSSR count). The van der Waals surface area contributed by atoms with E-state index in [0.29, 0.717) is 17.3 Å². The minimum absolute atomic E-state index is 0.392. The second-order valence-electron chi connectivity index (χ2n) is 2.23. The van der Waals surface area contributed by atoms with Crippen molar-refractivity contribution in [1.29, 1.82) is 0 Å². The van der Waals surface area contributed by atoms with E-state index < -0.39 is 6.29 Å². The number of fused-ring (bicyclic) bond motifs is 1. The average molecular weight is 152 g/mol. The molecule has 0 spiro atoms. The van der Waals surface area contributed by atoms with Crippen LogP contribution in [0.3, 0.4) is 0 Å². The third kappa shape index (κ3) is 0.838. The first kappa shape index (κ1) is 6.17. The van der Waals surface area contributed by atoms with Gasteiger partial charge in [0.05, 0.1) is 6.33 Å². The zero-order valence-electron chi connectivity index (χ0n) is 5.70. The Kier molecular flexibility index (Phi) is 1.10. The van der Waals surface area contributed by atoms with E-state index in [0.717, 1.165) is 0 Å². The maximum Gasteiger partial charge on any atom is 0.174 e. The molecule has 1 unspecified atom stereocenters. The second-order valence-corrected chi connectivity index (χ2v) is 2.23. The molecule has 0 saturated heterocycles. The van der Waals surface area contributed by atoms with E-state index >= 15 is 0 Å². The molecule has 1 aliphatic heterocycles. The van der Waals surface area contributed by atoms with Crippen molar-refractivity contribution >= 4 is 11.7 Å². The molecular formula is C5H8N6. The minimum Gasteiger partial charge on any atom is -0.382 e. The number of aromatic amines is 1. The van der Waals surface area contributed by atoms with Crippen molar-refractivity contribution in [3.05, 3.63) is 12.0 Å². The number of imidazole rings is 1. The SMILES string of the molecule is NC1=NC(N)Nc2nc[nH]c21. The molecule has 6 heteroatoms. The standard InChI is InChI=1S/C5H8N6/c6-3-2-4(9-1-8-2)11-5(7)10-3/h1,5,11H,7H2,(H2,6,10)(H,8,9). The van der Waals surface area contributed by atoms with Crippen LogP contribution in [-0.4, -0.2) is 22.1 Å². The monoisotopic (exact) mass is 152 g/mol. The average Bonchev–Trinajstić information content (AvgIpc) is 2.34. The van der Waals surface area contributed by atoms with E-state index in [2.05, 4.69) is 20.3 Å². The Morgan fingerprint density at radius 1 is 1.55 bits per heavy atom. The van der Waals surface area contributed by atoms with Gasteiger partial charge in [0.1, 0.15) is 11.5 Å². The first-order valence-corrected chi connectivity index (χ1v) is 3.16. The fraction of sp³-hybridized carbons (Fsp3) is 0.200. The van der Waals surface area contributed by atoms with Crippen LogP contribution >= 0.6 is 0 Å². The van der Waals surface area contributed by atoms with Gasteiger partial charge < -0.3 is 16.0 Å². The van der Waals surface area contributed by atoms with E-state index in [1.807, 2.05) is 0 Å². The van der Waals surface area contributed by atoms with Gasteiger partial charge >= 0.3 is 0 Å². The van der Waals surface area contributed by atoms with Gasteiger partial charge in [-0.25, -0.2) is 9.98 Å². The number of hydrogen-bond donors (Lipinski definition) is 4. The Morgan fingerprint density at radius 3 is 3.18 bits per heavy atom. The van der Waals surface area contributed by atoms with Crippen molar-refractivity contribution in [2.75, 3.05) is 5.32 Å². The van der Waals surface area contributed by atoms with Crippen LogP contribution in [0.15, 0.2) is 11.3 Å². The van der Waals surface area contributed by atoms with Gasteiger partial charge in [0.15, 0.2) is 12.1 Å². The largest absolute Gasteiger partial charge is 0.382 e. The first-order chi connectivity index (χ1) is 5.27.